The van der Waals surface area contributed by atoms with Crippen molar-refractivity contribution in [2.75, 3.05) is 5.33 Å². The highest BCUT2D eigenvalue weighted by Crippen LogP contribution is 2.39. The highest BCUT2D eigenvalue weighted by molar-refractivity contribution is 9.12. The van der Waals surface area contributed by atoms with Crippen LogP contribution in [0.3, 0.4) is 0 Å². The summed E-state index contributed by atoms with van der Waals surface area (Å²) >= 11 is 7.03. The van der Waals surface area contributed by atoms with E-state index in [1.165, 1.54) is 0 Å². The van der Waals surface area contributed by atoms with Gasteiger partial charge in [-0.2, -0.15) is 0 Å². The van der Waals surface area contributed by atoms with Gasteiger partial charge in [-0.1, -0.05) is 74.3 Å². The van der Waals surface area contributed by atoms with Gasteiger partial charge in [0.1, 0.15) is 0 Å². The fourth-order valence-corrected chi connectivity index (χ4v) is 3.84. The average Bonchev–Trinajstić information content (AvgIpc) is 2.92. The van der Waals surface area contributed by atoms with Gasteiger partial charge in [-0.3, -0.25) is 9.59 Å². The minimum Gasteiger partial charge on any atom is -0.306 e. The zero-order valence-corrected chi connectivity index (χ0v) is 15.8. The van der Waals surface area contributed by atoms with Crippen LogP contribution >= 0.6 is 31.9 Å². The van der Waals surface area contributed by atoms with Gasteiger partial charge in [0.15, 0.2) is 5.78 Å². The zero-order valence-electron chi connectivity index (χ0n) is 12.6. The second-order valence-corrected chi connectivity index (χ2v) is 7.75. The first kappa shape index (κ1) is 15.8. The Bertz CT molecular complexity index is 1040. The summed E-state index contributed by atoms with van der Waals surface area (Å²) < 4.78 is 1.74. The van der Waals surface area contributed by atoms with Crippen molar-refractivity contribution in [2.45, 2.75) is 11.4 Å². The molecule has 0 amide bonds. The summed E-state index contributed by atoms with van der Waals surface area (Å²) in [5, 5.41) is 2.04. The first-order chi connectivity index (χ1) is 11.6. The van der Waals surface area contributed by atoms with Crippen molar-refractivity contribution < 1.29 is 4.79 Å². The molecule has 1 atom stereocenters. The summed E-state index contributed by atoms with van der Waals surface area (Å²) in [5.41, 5.74) is 2.83. The monoisotopic (exact) mass is 445 g/mol. The molecule has 0 saturated carbocycles. The average molecular weight is 447 g/mol. The van der Waals surface area contributed by atoms with Crippen LogP contribution in [-0.2, 0) is 6.54 Å². The molecule has 5 heteroatoms. The number of fused-ring (bicyclic) bond motifs is 5. The Kier molecular flexibility index (Phi) is 3.93. The van der Waals surface area contributed by atoms with E-state index in [2.05, 4.69) is 31.9 Å². The quantitative estimate of drug-likeness (QED) is 0.438. The van der Waals surface area contributed by atoms with Crippen molar-refractivity contribution in [1.29, 1.82) is 0 Å². The third kappa shape index (κ3) is 2.22. The number of alkyl halides is 2. The molecule has 1 aliphatic rings. The lowest BCUT2D eigenvalue weighted by Crippen LogP contribution is -2.27. The molecular weight excluding hydrogens is 434 g/mol. The highest BCUT2D eigenvalue weighted by atomic mass is 79.9. The van der Waals surface area contributed by atoms with Gasteiger partial charge in [-0.25, -0.2) is 0 Å². The molecule has 0 aliphatic heterocycles. The van der Waals surface area contributed by atoms with Gasteiger partial charge in [0.2, 0.25) is 0 Å². The van der Waals surface area contributed by atoms with Gasteiger partial charge in [-0.05, 0) is 6.07 Å². The summed E-state index contributed by atoms with van der Waals surface area (Å²) in [4.78, 5) is 26.2. The Morgan fingerprint density at radius 3 is 2.25 bits per heavy atom. The van der Waals surface area contributed by atoms with E-state index >= 15 is 0 Å². The molecular formula is C19H13Br2NO2. The smallest absolute Gasteiger partial charge is 0.258 e. The number of pyridine rings is 1. The molecule has 0 fully saturated rings. The van der Waals surface area contributed by atoms with E-state index < -0.39 is 0 Å². The molecule has 2 aromatic carbocycles. The van der Waals surface area contributed by atoms with Crippen molar-refractivity contribution in [1.82, 2.24) is 4.57 Å². The molecule has 0 saturated heterocycles. The number of halogens is 2. The van der Waals surface area contributed by atoms with Gasteiger partial charge >= 0.3 is 0 Å². The van der Waals surface area contributed by atoms with Gasteiger partial charge in [0.25, 0.3) is 5.56 Å². The maximum absolute atomic E-state index is 13.1. The van der Waals surface area contributed by atoms with Crippen LogP contribution in [0.2, 0.25) is 0 Å². The number of carbonyl (C=O) groups is 1. The molecule has 1 unspecified atom stereocenters. The number of hydrogen-bond acceptors (Lipinski definition) is 2. The summed E-state index contributed by atoms with van der Waals surface area (Å²) in [6.07, 6.45) is 0. The molecule has 1 heterocycles. The zero-order chi connectivity index (χ0) is 16.8. The largest absolute Gasteiger partial charge is 0.306 e. The lowest BCUT2D eigenvalue weighted by molar-refractivity contribution is 0.104. The van der Waals surface area contributed by atoms with Crippen molar-refractivity contribution in [3.05, 3.63) is 70.0 Å². The fourth-order valence-electron chi connectivity index (χ4n) is 3.35. The van der Waals surface area contributed by atoms with Crippen LogP contribution in [0.15, 0.2) is 53.3 Å². The van der Waals surface area contributed by atoms with E-state index in [-0.39, 0.29) is 16.2 Å². The summed E-state index contributed by atoms with van der Waals surface area (Å²) in [6, 6.07) is 14.9. The first-order valence-electron chi connectivity index (χ1n) is 7.63. The molecule has 0 spiro atoms. The Hall–Kier alpha value is -1.72. The second-order valence-electron chi connectivity index (χ2n) is 5.81. The third-order valence-electron chi connectivity index (χ3n) is 4.38. The molecule has 3 aromatic rings. The summed E-state index contributed by atoms with van der Waals surface area (Å²) in [6.45, 7) is 0.499. The predicted octanol–water partition coefficient (Wildman–Crippen LogP) is 4.37. The van der Waals surface area contributed by atoms with Crippen LogP contribution in [0.5, 0.6) is 0 Å². The number of nitrogens with zero attached hydrogens (tertiary/aromatic N) is 1. The summed E-state index contributed by atoms with van der Waals surface area (Å²) in [7, 11) is 0. The van der Waals surface area contributed by atoms with Crippen LogP contribution in [-0.4, -0.2) is 20.5 Å². The molecule has 0 radical (unpaired) electrons. The van der Waals surface area contributed by atoms with Gasteiger partial charge < -0.3 is 4.57 Å². The lowest BCUT2D eigenvalue weighted by Gasteiger charge is -2.17. The van der Waals surface area contributed by atoms with E-state index in [0.717, 1.165) is 22.0 Å². The minimum atomic E-state index is -0.0562. The number of benzene rings is 2. The molecule has 1 aromatic heterocycles. The number of rotatable bonds is 3. The van der Waals surface area contributed by atoms with Crippen LogP contribution < -0.4 is 5.56 Å². The SMILES string of the molecule is O=C1c2ccccc2-c2c1c1ccccc1c(=O)n2CC(Br)CBr. The van der Waals surface area contributed by atoms with Crippen molar-refractivity contribution >= 4 is 48.4 Å². The van der Waals surface area contributed by atoms with E-state index in [4.69, 9.17) is 0 Å². The van der Waals surface area contributed by atoms with Crippen molar-refractivity contribution in [3.8, 4) is 11.3 Å². The van der Waals surface area contributed by atoms with E-state index in [1.807, 2.05) is 42.5 Å². The van der Waals surface area contributed by atoms with Crippen molar-refractivity contribution in [2.24, 2.45) is 0 Å². The van der Waals surface area contributed by atoms with Gasteiger partial charge in [0, 0.05) is 38.6 Å². The van der Waals surface area contributed by atoms with Crippen LogP contribution in [0.1, 0.15) is 15.9 Å². The molecule has 1 aliphatic carbocycles. The normalized spacial score (nSPS) is 13.8. The fraction of sp³-hybridized carbons (Fsp3) is 0.158. The Morgan fingerprint density at radius 1 is 0.917 bits per heavy atom. The third-order valence-corrected chi connectivity index (χ3v) is 6.64. The van der Waals surface area contributed by atoms with Crippen molar-refractivity contribution in [3.63, 3.8) is 0 Å². The minimum absolute atomic E-state index is 0.00415. The standard InChI is InChI=1S/C19H13Br2NO2/c20-9-11(21)10-22-17-13-6-2-3-7-14(13)18(23)16(17)12-5-1-4-8-15(12)19(22)24/h1-8,11H,9-10H2. The molecule has 120 valence electrons. The van der Waals surface area contributed by atoms with Gasteiger partial charge in [0.05, 0.1) is 11.3 Å². The first-order valence-corrected chi connectivity index (χ1v) is 9.67. The Balaban J connectivity index is 2.15. The predicted molar refractivity (Wildman–Crippen MR) is 104 cm³/mol. The Labute approximate surface area is 155 Å². The maximum Gasteiger partial charge on any atom is 0.258 e. The molecule has 4 rings (SSSR count). The number of ketones is 1. The molecule has 0 N–H and O–H groups in total. The topological polar surface area (TPSA) is 39.1 Å². The number of carbonyl (C=O) groups excluding carboxylic acids is 1. The van der Waals surface area contributed by atoms with E-state index in [1.54, 1.807) is 10.6 Å². The van der Waals surface area contributed by atoms with Crippen LogP contribution in [0.25, 0.3) is 22.0 Å². The highest BCUT2D eigenvalue weighted by Gasteiger charge is 2.32. The Morgan fingerprint density at radius 2 is 1.54 bits per heavy atom. The summed E-state index contributed by atoms with van der Waals surface area (Å²) in [5.74, 6) is -0.00415. The van der Waals surface area contributed by atoms with E-state index in [0.29, 0.717) is 23.1 Å². The van der Waals surface area contributed by atoms with Crippen LogP contribution in [0, 0.1) is 0 Å². The molecule has 0 bridgehead atoms. The maximum atomic E-state index is 13.1. The second kappa shape index (κ2) is 5.97. The van der Waals surface area contributed by atoms with Crippen LogP contribution in [0.4, 0.5) is 0 Å². The lowest BCUT2D eigenvalue weighted by atomic mass is 10.0. The number of aromatic nitrogens is 1. The number of hydrogen-bond donors (Lipinski definition) is 0. The molecule has 24 heavy (non-hydrogen) atoms. The van der Waals surface area contributed by atoms with E-state index in [9.17, 15) is 9.59 Å². The van der Waals surface area contributed by atoms with Gasteiger partial charge in [-0.15, -0.1) is 0 Å². The molecule has 3 nitrogen and oxygen atoms in total.